The summed E-state index contributed by atoms with van der Waals surface area (Å²) in [6.45, 7) is 1.85. The second kappa shape index (κ2) is 7.65. The number of aromatic nitrogens is 1. The third-order valence-corrected chi connectivity index (χ3v) is 5.65. The van der Waals surface area contributed by atoms with Crippen LogP contribution in [-0.4, -0.2) is 28.7 Å². The molecule has 1 aliphatic carbocycles. The number of thiazole rings is 1. The maximum absolute atomic E-state index is 11.7. The van der Waals surface area contributed by atoms with E-state index >= 15 is 0 Å². The number of carbonyl (C=O) groups is 2. The van der Waals surface area contributed by atoms with Gasteiger partial charge in [-0.2, -0.15) is 0 Å². The van der Waals surface area contributed by atoms with Crippen LogP contribution >= 0.6 is 23.1 Å². The fourth-order valence-corrected chi connectivity index (χ4v) is 4.12. The van der Waals surface area contributed by atoms with Crippen LogP contribution in [0.2, 0.25) is 0 Å². The first-order chi connectivity index (χ1) is 10.0. The lowest BCUT2D eigenvalue weighted by Crippen LogP contribution is -2.45. The average Bonchev–Trinajstić information content (AvgIpc) is 2.75. The zero-order valence-electron chi connectivity index (χ0n) is 12.0. The molecular weight excluding hydrogens is 308 g/mol. The molecule has 0 bridgehead atoms. The predicted octanol–water partition coefficient (Wildman–Crippen LogP) is 2.28. The minimum Gasteiger partial charge on any atom is -0.375 e. The molecule has 116 valence electrons. The van der Waals surface area contributed by atoms with E-state index in [0.29, 0.717) is 5.13 Å². The van der Waals surface area contributed by atoms with Crippen LogP contribution in [0.1, 0.15) is 37.8 Å². The van der Waals surface area contributed by atoms with Crippen molar-refractivity contribution in [2.24, 2.45) is 0 Å². The largest absolute Gasteiger partial charge is 0.375 e. The van der Waals surface area contributed by atoms with Gasteiger partial charge in [0.05, 0.1) is 15.7 Å². The summed E-state index contributed by atoms with van der Waals surface area (Å²) in [5.41, 5.74) is 6.42. The normalized spacial score (nSPS) is 15.7. The molecule has 4 N–H and O–H groups in total. The third-order valence-electron chi connectivity index (χ3n) is 3.30. The fraction of sp³-hybridized carbons (Fsp3) is 0.615. The van der Waals surface area contributed by atoms with Crippen LogP contribution in [0.3, 0.4) is 0 Å². The predicted molar refractivity (Wildman–Crippen MR) is 85.5 cm³/mol. The molecule has 21 heavy (non-hydrogen) atoms. The number of urea groups is 1. The Morgan fingerprint density at radius 3 is 2.71 bits per heavy atom. The van der Waals surface area contributed by atoms with Gasteiger partial charge < -0.3 is 11.1 Å². The summed E-state index contributed by atoms with van der Waals surface area (Å²) in [5, 5.41) is 5.71. The molecule has 1 saturated carbocycles. The van der Waals surface area contributed by atoms with E-state index in [9.17, 15) is 9.59 Å². The van der Waals surface area contributed by atoms with Crippen molar-refractivity contribution in [3.05, 3.63) is 5.69 Å². The monoisotopic (exact) mass is 328 g/mol. The Hall–Kier alpha value is -1.28. The summed E-state index contributed by atoms with van der Waals surface area (Å²) in [5.74, 6) is -0.125. The number of anilines is 1. The molecule has 6 nitrogen and oxygen atoms in total. The highest BCUT2D eigenvalue weighted by Crippen LogP contribution is 2.30. The Labute approximate surface area is 132 Å². The number of nitrogens with zero attached hydrogens (tertiary/aromatic N) is 1. The van der Waals surface area contributed by atoms with Crippen LogP contribution < -0.4 is 16.4 Å². The van der Waals surface area contributed by atoms with Gasteiger partial charge in [-0.15, -0.1) is 11.8 Å². The van der Waals surface area contributed by atoms with Gasteiger partial charge in [0, 0.05) is 6.04 Å². The van der Waals surface area contributed by atoms with Gasteiger partial charge in [-0.3, -0.25) is 10.1 Å². The molecule has 1 heterocycles. The van der Waals surface area contributed by atoms with E-state index < -0.39 is 6.03 Å². The minimum absolute atomic E-state index is 0.181. The van der Waals surface area contributed by atoms with Crippen LogP contribution in [0.4, 0.5) is 9.93 Å². The Morgan fingerprint density at radius 2 is 2.10 bits per heavy atom. The lowest BCUT2D eigenvalue weighted by molar-refractivity contribution is -0.117. The quantitative estimate of drug-likeness (QED) is 0.737. The number of hydrogen-bond donors (Lipinski definition) is 3. The SMILES string of the molecule is Cc1nc(N)sc1SCC(=O)NC(=O)NC1CCCCC1. The molecule has 2 rings (SSSR count). The molecule has 0 atom stereocenters. The molecule has 1 aromatic heterocycles. The summed E-state index contributed by atoms with van der Waals surface area (Å²) < 4.78 is 0.912. The second-order valence-electron chi connectivity index (χ2n) is 5.07. The van der Waals surface area contributed by atoms with Crippen molar-refractivity contribution in [3.63, 3.8) is 0 Å². The summed E-state index contributed by atoms with van der Waals surface area (Å²) in [4.78, 5) is 27.6. The first kappa shape index (κ1) is 16.1. The van der Waals surface area contributed by atoms with Crippen molar-refractivity contribution >= 4 is 40.2 Å². The first-order valence-corrected chi connectivity index (χ1v) is 8.81. The van der Waals surface area contributed by atoms with Crippen LogP contribution in [0, 0.1) is 6.92 Å². The summed E-state index contributed by atoms with van der Waals surface area (Å²) in [6, 6.07) is -0.198. The average molecular weight is 328 g/mol. The zero-order valence-corrected chi connectivity index (χ0v) is 13.6. The lowest BCUT2D eigenvalue weighted by Gasteiger charge is -2.22. The Balaban J connectivity index is 1.71. The minimum atomic E-state index is -0.395. The molecule has 0 aromatic carbocycles. The highest BCUT2D eigenvalue weighted by molar-refractivity contribution is 8.01. The maximum atomic E-state index is 11.7. The Morgan fingerprint density at radius 1 is 1.38 bits per heavy atom. The van der Waals surface area contributed by atoms with Gasteiger partial charge in [0.15, 0.2) is 5.13 Å². The standard InChI is InChI=1S/C13H20N4O2S2/c1-8-11(21-12(14)15-8)20-7-10(18)17-13(19)16-9-5-3-2-4-6-9/h9H,2-7H2,1H3,(H2,14,15)(H2,16,17,18,19). The third kappa shape index (κ3) is 5.20. The number of aryl methyl sites for hydroxylation is 1. The number of imide groups is 1. The highest BCUT2D eigenvalue weighted by atomic mass is 32.2. The number of thioether (sulfide) groups is 1. The van der Waals surface area contributed by atoms with Gasteiger partial charge in [-0.05, 0) is 19.8 Å². The maximum Gasteiger partial charge on any atom is 0.321 e. The van der Waals surface area contributed by atoms with Crippen molar-refractivity contribution in [2.75, 3.05) is 11.5 Å². The first-order valence-electron chi connectivity index (χ1n) is 7.00. The van der Waals surface area contributed by atoms with Crippen molar-refractivity contribution in [3.8, 4) is 0 Å². The number of hydrogen-bond acceptors (Lipinski definition) is 6. The van der Waals surface area contributed by atoms with Crippen LogP contribution in [0.25, 0.3) is 0 Å². The van der Waals surface area contributed by atoms with E-state index in [1.54, 1.807) is 0 Å². The molecule has 3 amide bonds. The van der Waals surface area contributed by atoms with Crippen molar-refractivity contribution in [1.29, 1.82) is 0 Å². The van der Waals surface area contributed by atoms with Gasteiger partial charge >= 0.3 is 6.03 Å². The van der Waals surface area contributed by atoms with E-state index in [-0.39, 0.29) is 17.7 Å². The molecule has 0 radical (unpaired) electrons. The van der Waals surface area contributed by atoms with Gasteiger partial charge in [0.1, 0.15) is 0 Å². The van der Waals surface area contributed by atoms with E-state index in [0.717, 1.165) is 35.6 Å². The highest BCUT2D eigenvalue weighted by Gasteiger charge is 2.17. The van der Waals surface area contributed by atoms with E-state index in [1.165, 1.54) is 29.5 Å². The number of rotatable bonds is 4. The molecule has 0 aliphatic heterocycles. The van der Waals surface area contributed by atoms with Crippen LogP contribution in [0.15, 0.2) is 4.21 Å². The molecule has 0 saturated heterocycles. The topological polar surface area (TPSA) is 97.1 Å². The summed E-state index contributed by atoms with van der Waals surface area (Å²) in [6.07, 6.45) is 5.50. The van der Waals surface area contributed by atoms with E-state index in [1.807, 2.05) is 6.92 Å². The number of carbonyl (C=O) groups excluding carboxylic acids is 2. The smallest absolute Gasteiger partial charge is 0.321 e. The van der Waals surface area contributed by atoms with Gasteiger partial charge in [-0.1, -0.05) is 30.6 Å². The summed E-state index contributed by atoms with van der Waals surface area (Å²) >= 11 is 2.70. The molecule has 0 unspecified atom stereocenters. The fourth-order valence-electron chi connectivity index (χ4n) is 2.30. The number of nitrogens with one attached hydrogen (secondary N) is 2. The van der Waals surface area contributed by atoms with Crippen molar-refractivity contribution in [1.82, 2.24) is 15.6 Å². The van der Waals surface area contributed by atoms with Crippen molar-refractivity contribution < 1.29 is 9.59 Å². The second-order valence-corrected chi connectivity index (χ2v) is 7.34. The van der Waals surface area contributed by atoms with Gasteiger partial charge in [0.2, 0.25) is 5.91 Å². The molecule has 1 aliphatic rings. The Bertz CT molecular complexity index is 512. The van der Waals surface area contributed by atoms with Crippen molar-refractivity contribution in [2.45, 2.75) is 49.3 Å². The lowest BCUT2D eigenvalue weighted by atomic mass is 9.96. The molecule has 1 aromatic rings. The molecule has 0 spiro atoms. The van der Waals surface area contributed by atoms with Crippen LogP contribution in [-0.2, 0) is 4.79 Å². The molecular formula is C13H20N4O2S2. The van der Waals surface area contributed by atoms with Gasteiger partial charge in [-0.25, -0.2) is 9.78 Å². The van der Waals surface area contributed by atoms with Gasteiger partial charge in [0.25, 0.3) is 0 Å². The molecule has 8 heteroatoms. The van der Waals surface area contributed by atoms with Crippen LogP contribution in [0.5, 0.6) is 0 Å². The molecule has 1 fully saturated rings. The van der Waals surface area contributed by atoms with E-state index in [2.05, 4.69) is 15.6 Å². The number of nitrogen functional groups attached to an aromatic ring is 1. The van der Waals surface area contributed by atoms with E-state index in [4.69, 9.17) is 5.73 Å². The Kier molecular flexibility index (Phi) is 5.86. The summed E-state index contributed by atoms with van der Waals surface area (Å²) in [7, 11) is 0. The number of amides is 3. The zero-order chi connectivity index (χ0) is 15.2. The number of nitrogens with two attached hydrogens (primary N) is 1.